The molecule has 0 spiro atoms. The average molecular weight is 567 g/mol. The summed E-state index contributed by atoms with van der Waals surface area (Å²) in [4.78, 5) is 28.6. The minimum Gasteiger partial charge on any atom is -0.444 e. The van der Waals surface area contributed by atoms with Crippen LogP contribution in [0, 0.1) is 0 Å². The number of nitrogens with zero attached hydrogens (tertiary/aromatic N) is 3. The van der Waals surface area contributed by atoms with Crippen molar-refractivity contribution in [3.05, 3.63) is 59.7 Å². The van der Waals surface area contributed by atoms with E-state index >= 15 is 0 Å². The Balaban J connectivity index is 1.52. The number of benzene rings is 3. The van der Waals surface area contributed by atoms with E-state index in [0.717, 1.165) is 54.7 Å². The maximum atomic E-state index is 13.5. The third-order valence-corrected chi connectivity index (χ3v) is 9.38. The van der Waals surface area contributed by atoms with Gasteiger partial charge in [0, 0.05) is 48.7 Å². The highest BCUT2D eigenvalue weighted by atomic mass is 16.6. The molecule has 2 aromatic heterocycles. The summed E-state index contributed by atoms with van der Waals surface area (Å²) in [5.41, 5.74) is 4.08. The summed E-state index contributed by atoms with van der Waals surface area (Å²) in [5.74, 6) is -0.0525. The second-order valence-corrected chi connectivity index (χ2v) is 12.9. The van der Waals surface area contributed by atoms with Crippen LogP contribution in [0.4, 0.5) is 4.79 Å². The van der Waals surface area contributed by atoms with Gasteiger partial charge in [0.2, 0.25) is 0 Å². The van der Waals surface area contributed by atoms with Gasteiger partial charge in [0.15, 0.2) is 5.72 Å². The fraction of sp³-hybridized carbons (Fsp3) is 0.394. The van der Waals surface area contributed by atoms with Gasteiger partial charge in [-0.15, -0.1) is 0 Å². The number of nitrogens with one attached hydrogen (secondary N) is 1. The number of fused-ring (bicyclic) bond motifs is 13. The number of para-hydroxylation sites is 2. The van der Waals surface area contributed by atoms with Crippen molar-refractivity contribution in [3.8, 4) is 0 Å². The van der Waals surface area contributed by atoms with Crippen molar-refractivity contribution in [2.75, 3.05) is 14.2 Å². The zero-order valence-corrected chi connectivity index (χ0v) is 24.6. The van der Waals surface area contributed by atoms with Crippen LogP contribution in [-0.2, 0) is 26.5 Å². The lowest BCUT2D eigenvalue weighted by Gasteiger charge is -2.50. The first kappa shape index (κ1) is 25.6. The molecule has 0 unspecified atom stereocenters. The van der Waals surface area contributed by atoms with Crippen LogP contribution in [-0.4, -0.2) is 57.9 Å². The summed E-state index contributed by atoms with van der Waals surface area (Å²) < 4.78 is 23.8. The predicted octanol–water partition coefficient (Wildman–Crippen LogP) is 6.00. The molecule has 1 N–H and O–H groups in total. The number of aromatic nitrogens is 2. The summed E-state index contributed by atoms with van der Waals surface area (Å²) in [6, 6.07) is 16.1. The zero-order chi connectivity index (χ0) is 29.3. The van der Waals surface area contributed by atoms with Crippen molar-refractivity contribution in [2.45, 2.75) is 70.4 Å². The molecule has 2 bridgehead atoms. The van der Waals surface area contributed by atoms with E-state index in [1.54, 1.807) is 19.1 Å². The van der Waals surface area contributed by atoms with Gasteiger partial charge in [0.1, 0.15) is 17.9 Å². The van der Waals surface area contributed by atoms with Gasteiger partial charge in [-0.1, -0.05) is 36.4 Å². The van der Waals surface area contributed by atoms with Gasteiger partial charge >= 0.3 is 6.09 Å². The van der Waals surface area contributed by atoms with E-state index < -0.39 is 29.8 Å². The van der Waals surface area contributed by atoms with Crippen LogP contribution in [0.25, 0.3) is 43.6 Å². The van der Waals surface area contributed by atoms with Gasteiger partial charge in [0.25, 0.3) is 5.91 Å². The largest absolute Gasteiger partial charge is 0.444 e. The highest BCUT2D eigenvalue weighted by molar-refractivity contribution is 6.31. The first-order chi connectivity index (χ1) is 20.0. The predicted molar refractivity (Wildman–Crippen MR) is 161 cm³/mol. The number of carbonyl (C=O) groups excluding carboxylic acids is 2. The molecule has 8 rings (SSSR count). The van der Waals surface area contributed by atoms with Gasteiger partial charge < -0.3 is 33.6 Å². The summed E-state index contributed by atoms with van der Waals surface area (Å²) in [6.45, 7) is 8.14. The maximum Gasteiger partial charge on any atom is 0.410 e. The second kappa shape index (κ2) is 8.26. The molecule has 5 heterocycles. The topological polar surface area (TPSA) is 87.0 Å². The van der Waals surface area contributed by atoms with E-state index in [0.29, 0.717) is 13.0 Å². The molecule has 216 valence electrons. The Morgan fingerprint density at radius 1 is 1.05 bits per heavy atom. The fourth-order valence-corrected chi connectivity index (χ4v) is 7.86. The van der Waals surface area contributed by atoms with E-state index in [-0.39, 0.29) is 11.9 Å². The van der Waals surface area contributed by atoms with Crippen LogP contribution in [0.2, 0.25) is 0 Å². The third kappa shape index (κ3) is 3.10. The minimum atomic E-state index is -1.00. The first-order valence-electron chi connectivity index (χ1n) is 14.5. The maximum absolute atomic E-state index is 13.5. The molecular weight excluding hydrogens is 532 g/mol. The lowest BCUT2D eigenvalue weighted by Crippen LogP contribution is -2.61. The molecule has 0 radical (unpaired) electrons. The highest BCUT2D eigenvalue weighted by Gasteiger charge is 2.55. The Bertz CT molecular complexity index is 2000. The molecule has 4 atom stereocenters. The Kier molecular flexibility index (Phi) is 5.04. The number of hydrogen-bond donors (Lipinski definition) is 1. The molecule has 1 saturated heterocycles. The van der Waals surface area contributed by atoms with Crippen molar-refractivity contribution >= 4 is 55.6 Å². The molecule has 1 fully saturated rings. The lowest BCUT2D eigenvalue weighted by atomic mass is 9.92. The summed E-state index contributed by atoms with van der Waals surface area (Å²) >= 11 is 0. The Morgan fingerprint density at radius 3 is 2.40 bits per heavy atom. The Morgan fingerprint density at radius 2 is 1.71 bits per heavy atom. The number of amides is 2. The van der Waals surface area contributed by atoms with E-state index in [1.807, 2.05) is 45.0 Å². The SMILES string of the molecule is CO[C@@H]1[C@H](N(C)C(=O)OC(C)(C)C)C[C@H]2O[C@]1(C)n1c3ccccc3c3c4c(c5c6ccccc6n2c5c31)C(=O)NC4. The van der Waals surface area contributed by atoms with Gasteiger partial charge in [-0.05, 0) is 45.4 Å². The quantitative estimate of drug-likeness (QED) is 0.283. The number of methoxy groups -OCH3 is 1. The van der Waals surface area contributed by atoms with Crippen LogP contribution in [0.3, 0.4) is 0 Å². The van der Waals surface area contributed by atoms with E-state index in [4.69, 9.17) is 14.2 Å². The number of rotatable bonds is 2. The van der Waals surface area contributed by atoms with Crippen LogP contribution >= 0.6 is 0 Å². The van der Waals surface area contributed by atoms with E-state index in [2.05, 4.69) is 45.6 Å². The van der Waals surface area contributed by atoms with Crippen molar-refractivity contribution in [1.29, 1.82) is 0 Å². The number of carbonyl (C=O) groups is 2. The monoisotopic (exact) mass is 566 g/mol. The molecule has 9 nitrogen and oxygen atoms in total. The molecule has 2 amide bonds. The standard InChI is InChI=1S/C33H34N4O5/c1-32(2,3)42-31(39)35(5)22-15-23-36-20-13-9-7-11-17(20)25-26-19(16-34-30(26)38)24-18-12-8-10-14-21(18)37(28(24)27(25)36)33(4,41-23)29(22)40-6/h7-14,22-23,29H,15-16H2,1-6H3,(H,34,38)/t22-,23-,29-,33+/m1/s1. The lowest BCUT2D eigenvalue weighted by molar-refractivity contribution is -0.265. The van der Waals surface area contributed by atoms with E-state index in [1.165, 1.54) is 0 Å². The molecule has 3 aliphatic heterocycles. The minimum absolute atomic E-state index is 0.0525. The normalized spacial score (nSPS) is 24.9. The molecule has 3 aromatic carbocycles. The molecule has 0 aliphatic carbocycles. The molecular formula is C33H34N4O5. The van der Waals surface area contributed by atoms with Gasteiger partial charge in [0.05, 0.1) is 33.7 Å². The van der Waals surface area contributed by atoms with Crippen LogP contribution in [0.15, 0.2) is 48.5 Å². The fourth-order valence-electron chi connectivity index (χ4n) is 7.86. The smallest absolute Gasteiger partial charge is 0.410 e. The molecule has 9 heteroatoms. The highest BCUT2D eigenvalue weighted by Crippen LogP contribution is 2.54. The molecule has 5 aromatic rings. The van der Waals surface area contributed by atoms with Crippen molar-refractivity contribution in [3.63, 3.8) is 0 Å². The van der Waals surface area contributed by atoms with Crippen LogP contribution in [0.5, 0.6) is 0 Å². The first-order valence-corrected chi connectivity index (χ1v) is 14.5. The van der Waals surface area contributed by atoms with Crippen molar-refractivity contribution < 1.29 is 23.8 Å². The number of ether oxygens (including phenoxy) is 3. The summed E-state index contributed by atoms with van der Waals surface area (Å²) in [7, 11) is 3.46. The zero-order valence-electron chi connectivity index (χ0n) is 24.6. The number of likely N-dealkylation sites (N-methyl/N-ethyl adjacent to an activating group) is 1. The number of hydrogen-bond acceptors (Lipinski definition) is 5. The van der Waals surface area contributed by atoms with Gasteiger partial charge in [-0.2, -0.15) is 0 Å². The Labute approximate surface area is 242 Å². The van der Waals surface area contributed by atoms with Crippen LogP contribution in [0.1, 0.15) is 56.3 Å². The summed E-state index contributed by atoms with van der Waals surface area (Å²) in [6.07, 6.45) is -0.896. The average Bonchev–Trinajstić information content (AvgIpc) is 3.59. The van der Waals surface area contributed by atoms with E-state index in [9.17, 15) is 9.59 Å². The van der Waals surface area contributed by atoms with Gasteiger partial charge in [-0.25, -0.2) is 4.79 Å². The molecule has 42 heavy (non-hydrogen) atoms. The Hall–Kier alpha value is -4.08. The summed E-state index contributed by atoms with van der Waals surface area (Å²) in [5, 5.41) is 7.18. The molecule has 0 saturated carbocycles. The third-order valence-electron chi connectivity index (χ3n) is 9.38. The van der Waals surface area contributed by atoms with Crippen LogP contribution < -0.4 is 5.32 Å². The van der Waals surface area contributed by atoms with Gasteiger partial charge in [-0.3, -0.25) is 4.79 Å². The molecule has 3 aliphatic rings. The second-order valence-electron chi connectivity index (χ2n) is 12.9. The van der Waals surface area contributed by atoms with Crippen molar-refractivity contribution in [1.82, 2.24) is 19.4 Å². The van der Waals surface area contributed by atoms with Crippen molar-refractivity contribution in [2.24, 2.45) is 0 Å².